The lowest BCUT2D eigenvalue weighted by Crippen LogP contribution is -2.55. The molecule has 0 bridgehead atoms. The lowest BCUT2D eigenvalue weighted by atomic mass is 9.73. The Hall–Kier alpha value is -2.16. The van der Waals surface area contributed by atoms with Gasteiger partial charge in [0, 0.05) is 22.4 Å². The molecule has 2 aromatic rings. The van der Waals surface area contributed by atoms with Crippen molar-refractivity contribution < 1.29 is 23.0 Å². The standard InChI is InChI=1S/C25H26F3NO2S2/c1-23(2,19-13-17(6-7-21(19)31-3)18-8-11-32-14-18)15-24(30,25(26,27)28)16-29-10-4-5-22-20(29)9-12-33-22/h4-11,13-14,30H,12,15-16H2,1-3H3. The van der Waals surface area contributed by atoms with Gasteiger partial charge in [0.2, 0.25) is 0 Å². The van der Waals surface area contributed by atoms with Crippen molar-refractivity contribution in [3.8, 4) is 16.9 Å². The number of rotatable bonds is 7. The zero-order chi connectivity index (χ0) is 23.9. The number of halogens is 3. The number of hydrogen-bond acceptors (Lipinski definition) is 5. The van der Waals surface area contributed by atoms with Crippen LogP contribution < -0.4 is 4.74 Å². The van der Waals surface area contributed by atoms with Crippen LogP contribution in [0.1, 0.15) is 25.8 Å². The fourth-order valence-electron chi connectivity index (χ4n) is 4.43. The van der Waals surface area contributed by atoms with Crippen molar-refractivity contribution in [2.24, 2.45) is 0 Å². The van der Waals surface area contributed by atoms with Crippen LogP contribution in [0.25, 0.3) is 11.1 Å². The first-order chi connectivity index (χ1) is 15.5. The summed E-state index contributed by atoms with van der Waals surface area (Å²) in [5.74, 6) is 1.21. The number of thiophene rings is 1. The van der Waals surface area contributed by atoms with Gasteiger partial charge < -0.3 is 14.7 Å². The SMILES string of the molecule is COc1ccc(-c2ccsc2)cc1C(C)(C)CC(O)(CN1C=CC=C2SCC=C21)C(F)(F)F. The summed E-state index contributed by atoms with van der Waals surface area (Å²) in [4.78, 5) is 2.43. The molecule has 0 saturated carbocycles. The number of hydrogen-bond donors (Lipinski definition) is 1. The molecule has 0 radical (unpaired) electrons. The first-order valence-corrected chi connectivity index (χ1v) is 12.5. The summed E-state index contributed by atoms with van der Waals surface area (Å²) >= 11 is 3.13. The molecule has 8 heteroatoms. The Bertz CT molecular complexity index is 1100. The highest BCUT2D eigenvalue weighted by molar-refractivity contribution is 8.03. The van der Waals surface area contributed by atoms with Crippen LogP contribution in [0.15, 0.2) is 70.1 Å². The Morgan fingerprint density at radius 2 is 1.94 bits per heavy atom. The molecule has 176 valence electrons. The molecule has 0 saturated heterocycles. The molecule has 1 aromatic heterocycles. The summed E-state index contributed by atoms with van der Waals surface area (Å²) in [6.07, 6.45) is 1.77. The van der Waals surface area contributed by atoms with E-state index in [-0.39, 0.29) is 0 Å². The minimum absolute atomic E-state index is 0.501. The molecule has 1 atom stereocenters. The second kappa shape index (κ2) is 8.89. The van der Waals surface area contributed by atoms with E-state index in [0.717, 1.165) is 21.7 Å². The van der Waals surface area contributed by atoms with Crippen molar-refractivity contribution in [1.29, 1.82) is 0 Å². The van der Waals surface area contributed by atoms with Gasteiger partial charge in [-0.1, -0.05) is 19.9 Å². The van der Waals surface area contributed by atoms with Crippen molar-refractivity contribution in [3.63, 3.8) is 0 Å². The molecule has 4 rings (SSSR count). The maximum atomic E-state index is 14.4. The number of fused-ring (bicyclic) bond motifs is 1. The zero-order valence-corrected chi connectivity index (χ0v) is 20.3. The highest BCUT2D eigenvalue weighted by Gasteiger charge is 2.57. The van der Waals surface area contributed by atoms with Crippen LogP contribution in [-0.4, -0.2) is 41.2 Å². The van der Waals surface area contributed by atoms with Crippen molar-refractivity contribution in [2.75, 3.05) is 19.4 Å². The summed E-state index contributed by atoms with van der Waals surface area (Å²) in [5.41, 5.74) is -0.715. The van der Waals surface area contributed by atoms with Crippen LogP contribution in [0.2, 0.25) is 0 Å². The largest absolute Gasteiger partial charge is 0.496 e. The van der Waals surface area contributed by atoms with Gasteiger partial charge in [0.1, 0.15) is 5.75 Å². The first-order valence-electron chi connectivity index (χ1n) is 10.5. The lowest BCUT2D eigenvalue weighted by Gasteiger charge is -2.41. The van der Waals surface area contributed by atoms with Crippen molar-refractivity contribution in [2.45, 2.75) is 37.5 Å². The predicted molar refractivity (Wildman–Crippen MR) is 129 cm³/mol. The molecular formula is C25H26F3NO2S2. The number of allylic oxidation sites excluding steroid dienone is 2. The smallest absolute Gasteiger partial charge is 0.418 e. The van der Waals surface area contributed by atoms with Crippen LogP contribution in [0.3, 0.4) is 0 Å². The van der Waals surface area contributed by atoms with Crippen molar-refractivity contribution >= 4 is 23.1 Å². The number of ether oxygens (including phenoxy) is 1. The van der Waals surface area contributed by atoms with Gasteiger partial charge >= 0.3 is 6.18 Å². The Morgan fingerprint density at radius 1 is 1.15 bits per heavy atom. The number of thioether (sulfide) groups is 1. The molecule has 0 amide bonds. The minimum Gasteiger partial charge on any atom is -0.496 e. The molecule has 1 N–H and O–H groups in total. The van der Waals surface area contributed by atoms with Gasteiger partial charge in [0.25, 0.3) is 0 Å². The maximum absolute atomic E-state index is 14.4. The van der Waals surface area contributed by atoms with E-state index in [1.165, 1.54) is 12.0 Å². The molecule has 2 aliphatic rings. The van der Waals surface area contributed by atoms with E-state index in [1.807, 2.05) is 41.1 Å². The number of benzene rings is 1. The highest BCUT2D eigenvalue weighted by Crippen LogP contribution is 2.46. The van der Waals surface area contributed by atoms with Crippen molar-refractivity contribution in [1.82, 2.24) is 4.90 Å². The van der Waals surface area contributed by atoms with E-state index in [0.29, 0.717) is 17.1 Å². The van der Waals surface area contributed by atoms with Gasteiger partial charge in [-0.3, -0.25) is 0 Å². The average molecular weight is 494 g/mol. The second-order valence-electron chi connectivity index (χ2n) is 8.92. The fraction of sp³-hybridized carbons (Fsp3) is 0.360. The monoisotopic (exact) mass is 493 g/mol. The molecule has 0 aliphatic carbocycles. The van der Waals surface area contributed by atoms with Gasteiger partial charge in [-0.15, -0.1) is 11.8 Å². The number of aliphatic hydroxyl groups is 1. The molecule has 3 heterocycles. The van der Waals surface area contributed by atoms with Gasteiger partial charge in [0.05, 0.1) is 19.4 Å². The van der Waals surface area contributed by atoms with Crippen LogP contribution in [-0.2, 0) is 5.41 Å². The van der Waals surface area contributed by atoms with Crippen LogP contribution in [0.4, 0.5) is 13.2 Å². The van der Waals surface area contributed by atoms with Gasteiger partial charge in [-0.25, -0.2) is 0 Å². The zero-order valence-electron chi connectivity index (χ0n) is 18.6. The molecule has 3 nitrogen and oxygen atoms in total. The summed E-state index contributed by atoms with van der Waals surface area (Å²) < 4.78 is 48.6. The van der Waals surface area contributed by atoms with Gasteiger partial charge in [-0.05, 0) is 70.2 Å². The van der Waals surface area contributed by atoms with E-state index in [4.69, 9.17) is 4.74 Å². The lowest BCUT2D eigenvalue weighted by molar-refractivity contribution is -0.268. The average Bonchev–Trinajstić information content (AvgIpc) is 3.44. The Balaban J connectivity index is 1.68. The Labute approximate surface area is 200 Å². The third kappa shape index (κ3) is 4.74. The molecule has 0 fully saturated rings. The van der Waals surface area contributed by atoms with E-state index in [9.17, 15) is 18.3 Å². The van der Waals surface area contributed by atoms with E-state index in [2.05, 4.69) is 0 Å². The highest BCUT2D eigenvalue weighted by atomic mass is 32.2. The molecular weight excluding hydrogens is 467 g/mol. The molecule has 1 aromatic carbocycles. The number of methoxy groups -OCH3 is 1. The number of β-amino-alcohol motifs (C(OH)–C–C–N with tert-alkyl or cyclic N) is 1. The third-order valence-electron chi connectivity index (χ3n) is 6.07. The fourth-order valence-corrected chi connectivity index (χ4v) is 6.04. The van der Waals surface area contributed by atoms with Gasteiger partial charge in [-0.2, -0.15) is 24.5 Å². The van der Waals surface area contributed by atoms with Gasteiger partial charge in [0.15, 0.2) is 5.60 Å². The normalized spacial score (nSPS) is 18.0. The maximum Gasteiger partial charge on any atom is 0.418 e. The quantitative estimate of drug-likeness (QED) is 0.464. The first kappa shape index (κ1) is 24.0. The number of nitrogens with zero attached hydrogens (tertiary/aromatic N) is 1. The van der Waals surface area contributed by atoms with Crippen LogP contribution in [0, 0.1) is 0 Å². The summed E-state index contributed by atoms with van der Waals surface area (Å²) in [7, 11) is 1.51. The Kier molecular flexibility index (Phi) is 6.46. The molecule has 1 unspecified atom stereocenters. The van der Waals surface area contributed by atoms with E-state index < -0.39 is 30.2 Å². The van der Waals surface area contributed by atoms with Crippen molar-refractivity contribution in [3.05, 3.63) is 75.6 Å². The Morgan fingerprint density at radius 3 is 2.61 bits per heavy atom. The molecule has 2 aliphatic heterocycles. The predicted octanol–water partition coefficient (Wildman–Crippen LogP) is 6.73. The topological polar surface area (TPSA) is 32.7 Å². The summed E-state index contributed by atoms with van der Waals surface area (Å²) in [6, 6.07) is 7.51. The third-order valence-corrected chi connectivity index (χ3v) is 7.74. The summed E-state index contributed by atoms with van der Waals surface area (Å²) in [6.45, 7) is 2.87. The number of alkyl halides is 3. The molecule has 33 heavy (non-hydrogen) atoms. The minimum atomic E-state index is -4.82. The van der Waals surface area contributed by atoms with E-state index in [1.54, 1.807) is 55.3 Å². The second-order valence-corrected chi connectivity index (χ2v) is 10.8. The van der Waals surface area contributed by atoms with Crippen LogP contribution >= 0.6 is 23.1 Å². The van der Waals surface area contributed by atoms with Crippen LogP contribution in [0.5, 0.6) is 5.75 Å². The molecule has 0 spiro atoms. The van der Waals surface area contributed by atoms with E-state index >= 15 is 0 Å². The summed E-state index contributed by atoms with van der Waals surface area (Å²) in [5, 5.41) is 15.1.